The van der Waals surface area contributed by atoms with Gasteiger partial charge >= 0.3 is 18.4 Å². The molecule has 0 spiro atoms. The Balaban J connectivity index is 0.000000559. The van der Waals surface area contributed by atoms with Gasteiger partial charge in [0.05, 0.1) is 5.56 Å². The molecule has 1 aliphatic rings. The number of halogens is 5. The number of carbonyl (C=O) groups excluding carboxylic acids is 1. The van der Waals surface area contributed by atoms with Crippen molar-refractivity contribution in [2.24, 2.45) is 0 Å². The molecule has 0 atom stereocenters. The Morgan fingerprint density at radius 3 is 2.38 bits per heavy atom. The van der Waals surface area contributed by atoms with E-state index in [2.05, 4.69) is 30.4 Å². The number of ether oxygens (including phenoxy) is 2. The quantitative estimate of drug-likeness (QED) is 0.183. The molecule has 0 saturated heterocycles. The number of aliphatic hydroxyl groups is 1. The van der Waals surface area contributed by atoms with E-state index < -0.39 is 24.3 Å². The monoisotopic (exact) mass is 570 g/mol. The maximum Gasteiger partial charge on any atom is 0.586 e. The number of rotatable bonds is 9. The maximum absolute atomic E-state index is 13.2. The van der Waals surface area contributed by atoms with E-state index in [9.17, 15) is 26.7 Å². The van der Waals surface area contributed by atoms with Crippen molar-refractivity contribution < 1.29 is 51.2 Å². The Hall–Kier alpha value is -4.66. The van der Waals surface area contributed by atoms with Gasteiger partial charge in [0.1, 0.15) is 5.82 Å². The number of carboxylic acid groups (broad SMARTS) is 1. The molecule has 5 N–H and O–H groups in total. The lowest BCUT2D eigenvalue weighted by Crippen LogP contribution is -2.25. The van der Waals surface area contributed by atoms with Crippen LogP contribution in [-0.4, -0.2) is 52.7 Å². The second kappa shape index (κ2) is 12.9. The lowest BCUT2D eigenvalue weighted by molar-refractivity contribution is -0.286. The number of alkyl halides is 5. The third kappa shape index (κ3) is 8.69. The zero-order valence-corrected chi connectivity index (χ0v) is 20.5. The average Bonchev–Trinajstić information content (AvgIpc) is 3.21. The molecule has 3 aromatic rings. The number of nitrogens with one attached hydrogen (secondary N) is 3. The van der Waals surface area contributed by atoms with Crippen LogP contribution in [0.5, 0.6) is 11.5 Å². The number of benzene rings is 2. The average molecular weight is 570 g/mol. The molecule has 0 saturated carbocycles. The van der Waals surface area contributed by atoms with Crippen LogP contribution < -0.4 is 25.4 Å². The van der Waals surface area contributed by atoms with Crippen molar-refractivity contribution in [1.82, 2.24) is 4.98 Å². The van der Waals surface area contributed by atoms with E-state index in [0.29, 0.717) is 42.3 Å². The van der Waals surface area contributed by atoms with E-state index in [4.69, 9.17) is 15.0 Å². The summed E-state index contributed by atoms with van der Waals surface area (Å²) < 4.78 is 67.0. The van der Waals surface area contributed by atoms with Crippen LogP contribution in [-0.2, 0) is 11.3 Å². The second-order valence-electron chi connectivity index (χ2n) is 8.04. The largest absolute Gasteiger partial charge is 0.586 e. The van der Waals surface area contributed by atoms with Crippen molar-refractivity contribution in [3.63, 3.8) is 0 Å². The minimum Gasteiger partial charge on any atom is -0.475 e. The van der Waals surface area contributed by atoms with Gasteiger partial charge in [0.25, 0.3) is 5.91 Å². The third-order valence-corrected chi connectivity index (χ3v) is 5.02. The van der Waals surface area contributed by atoms with Crippen LogP contribution in [0.2, 0.25) is 0 Å². The van der Waals surface area contributed by atoms with Crippen LogP contribution in [0.3, 0.4) is 0 Å². The van der Waals surface area contributed by atoms with Gasteiger partial charge in [-0.2, -0.15) is 13.2 Å². The van der Waals surface area contributed by atoms with Gasteiger partial charge in [0, 0.05) is 43.3 Å². The molecule has 0 fully saturated rings. The molecule has 4 rings (SSSR count). The van der Waals surface area contributed by atoms with E-state index in [1.165, 1.54) is 18.2 Å². The van der Waals surface area contributed by atoms with Gasteiger partial charge in [-0.1, -0.05) is 12.1 Å². The van der Waals surface area contributed by atoms with Crippen molar-refractivity contribution in [3.8, 4) is 11.5 Å². The van der Waals surface area contributed by atoms with Crippen molar-refractivity contribution in [2.75, 3.05) is 29.1 Å². The summed E-state index contributed by atoms with van der Waals surface area (Å²) in [5.41, 5.74) is 2.23. The molecule has 40 heavy (non-hydrogen) atoms. The Bertz CT molecular complexity index is 1340. The zero-order valence-electron chi connectivity index (χ0n) is 20.5. The number of para-hydroxylation sites is 1. The number of nitrogens with zero attached hydrogens (tertiary/aromatic N) is 1. The summed E-state index contributed by atoms with van der Waals surface area (Å²) in [6, 6.07) is 14.8. The number of hydrogen-bond acceptors (Lipinski definition) is 8. The third-order valence-electron chi connectivity index (χ3n) is 5.02. The fraction of sp³-hybridized carbons (Fsp3) is 0.240. The first-order chi connectivity index (χ1) is 18.9. The highest BCUT2D eigenvalue weighted by atomic mass is 19.4. The molecular formula is C25H23F5N4O6. The standard InChI is InChI=1S/C23H22F2N4O4.C2HF3O2/c24-23(25)32-19-7-6-16(13-20(19)33-23)29-22(31)17-4-1-2-5-18(17)28-14-15-8-10-27-21(12-15)26-9-3-11-30;3-2(4,5)1(6)7/h1-2,4-8,10,12-13,28,30H,3,9,11,14H2,(H,26,27)(H,29,31);(H,6,7). The molecule has 0 aliphatic carbocycles. The molecule has 0 bridgehead atoms. The number of pyridine rings is 1. The van der Waals surface area contributed by atoms with Crippen LogP contribution >= 0.6 is 0 Å². The smallest absolute Gasteiger partial charge is 0.475 e. The number of carboxylic acids is 1. The number of amides is 1. The molecule has 0 unspecified atom stereocenters. The van der Waals surface area contributed by atoms with E-state index in [1.807, 2.05) is 12.1 Å². The van der Waals surface area contributed by atoms with Crippen molar-refractivity contribution >= 4 is 29.1 Å². The first-order valence-corrected chi connectivity index (χ1v) is 11.5. The van der Waals surface area contributed by atoms with Gasteiger partial charge in [0.15, 0.2) is 11.5 Å². The number of aromatic nitrogens is 1. The minimum absolute atomic E-state index is 0.0948. The molecule has 2 aromatic carbocycles. The number of fused-ring (bicyclic) bond motifs is 1. The lowest BCUT2D eigenvalue weighted by Gasteiger charge is -2.13. The molecule has 1 aromatic heterocycles. The first kappa shape index (κ1) is 29.9. The zero-order chi connectivity index (χ0) is 29.3. The normalized spacial score (nSPS) is 13.1. The second-order valence-corrected chi connectivity index (χ2v) is 8.04. The summed E-state index contributed by atoms with van der Waals surface area (Å²) in [5.74, 6) is -2.72. The highest BCUT2D eigenvalue weighted by molar-refractivity contribution is 6.08. The van der Waals surface area contributed by atoms with E-state index in [0.717, 1.165) is 5.56 Å². The molecule has 15 heteroatoms. The summed E-state index contributed by atoms with van der Waals surface area (Å²) in [4.78, 5) is 26.0. The first-order valence-electron chi connectivity index (χ1n) is 11.5. The van der Waals surface area contributed by atoms with Gasteiger partial charge in [-0.25, -0.2) is 9.78 Å². The number of aliphatic carboxylic acids is 1. The topological polar surface area (TPSA) is 142 Å². The molecule has 10 nitrogen and oxygen atoms in total. The predicted octanol–water partition coefficient (Wildman–Crippen LogP) is 4.70. The van der Waals surface area contributed by atoms with Crippen LogP contribution in [0.25, 0.3) is 0 Å². The Morgan fingerprint density at radius 2 is 1.68 bits per heavy atom. The predicted molar refractivity (Wildman–Crippen MR) is 132 cm³/mol. The van der Waals surface area contributed by atoms with Crippen LogP contribution in [0, 0.1) is 0 Å². The summed E-state index contributed by atoms with van der Waals surface area (Å²) in [6.45, 7) is 1.16. The Labute approximate surface area is 223 Å². The SMILES string of the molecule is O=C(Nc1ccc2c(c1)OC(F)(F)O2)c1ccccc1NCc1ccnc(NCCCO)c1.O=C(O)C(F)(F)F. The molecule has 214 valence electrons. The summed E-state index contributed by atoms with van der Waals surface area (Å²) in [6.07, 6.45) is -6.50. The van der Waals surface area contributed by atoms with E-state index in [1.54, 1.807) is 30.5 Å². The Morgan fingerprint density at radius 1 is 0.975 bits per heavy atom. The number of anilines is 3. The maximum atomic E-state index is 13.2. The number of carbonyl (C=O) groups is 2. The number of hydrogen-bond donors (Lipinski definition) is 5. The van der Waals surface area contributed by atoms with Crippen LogP contribution in [0.15, 0.2) is 60.8 Å². The van der Waals surface area contributed by atoms with Gasteiger partial charge in [-0.15, -0.1) is 8.78 Å². The van der Waals surface area contributed by atoms with E-state index >= 15 is 0 Å². The summed E-state index contributed by atoms with van der Waals surface area (Å²) in [5, 5.41) is 25.1. The van der Waals surface area contributed by atoms with Crippen molar-refractivity contribution in [3.05, 3.63) is 71.9 Å². The lowest BCUT2D eigenvalue weighted by atomic mass is 10.1. The molecule has 0 radical (unpaired) electrons. The molecule has 1 aliphatic heterocycles. The van der Waals surface area contributed by atoms with E-state index in [-0.39, 0.29) is 18.1 Å². The van der Waals surface area contributed by atoms with Gasteiger partial charge < -0.3 is 35.6 Å². The highest BCUT2D eigenvalue weighted by Gasteiger charge is 2.43. The van der Waals surface area contributed by atoms with Crippen LogP contribution in [0.4, 0.5) is 39.1 Å². The Kier molecular flexibility index (Phi) is 9.66. The highest BCUT2D eigenvalue weighted by Crippen LogP contribution is 2.42. The number of aliphatic hydroxyl groups excluding tert-OH is 1. The van der Waals surface area contributed by atoms with Gasteiger partial charge in [-0.3, -0.25) is 4.79 Å². The van der Waals surface area contributed by atoms with Crippen molar-refractivity contribution in [2.45, 2.75) is 25.4 Å². The fourth-order valence-electron chi connectivity index (χ4n) is 3.23. The molecule has 2 heterocycles. The molecule has 1 amide bonds. The van der Waals surface area contributed by atoms with Crippen molar-refractivity contribution in [1.29, 1.82) is 0 Å². The van der Waals surface area contributed by atoms with Crippen LogP contribution in [0.1, 0.15) is 22.3 Å². The van der Waals surface area contributed by atoms with Gasteiger partial charge in [-0.05, 0) is 48.4 Å². The minimum atomic E-state index is -5.08. The summed E-state index contributed by atoms with van der Waals surface area (Å²) >= 11 is 0. The summed E-state index contributed by atoms with van der Waals surface area (Å²) in [7, 11) is 0. The van der Waals surface area contributed by atoms with Gasteiger partial charge in [0.2, 0.25) is 0 Å². The molecular weight excluding hydrogens is 547 g/mol. The fourth-order valence-corrected chi connectivity index (χ4v) is 3.23.